The minimum Gasteiger partial charge on any atom is -0.494 e. The first-order valence-electron chi connectivity index (χ1n) is 11.7. The maximum absolute atomic E-state index is 12.8. The first-order chi connectivity index (χ1) is 14.7. The Labute approximate surface area is 204 Å². The van der Waals surface area contributed by atoms with Crippen molar-refractivity contribution >= 4 is 35.8 Å². The van der Waals surface area contributed by atoms with Crippen LogP contribution in [0, 0.1) is 5.92 Å². The third-order valence-corrected chi connectivity index (χ3v) is 6.10. The van der Waals surface area contributed by atoms with Gasteiger partial charge in [0.05, 0.1) is 6.61 Å². The van der Waals surface area contributed by atoms with Crippen molar-refractivity contribution in [3.8, 4) is 5.75 Å². The molecule has 0 spiro atoms. The maximum atomic E-state index is 12.8. The van der Waals surface area contributed by atoms with E-state index in [4.69, 9.17) is 4.74 Å². The molecule has 1 heterocycles. The van der Waals surface area contributed by atoms with Gasteiger partial charge in [0.2, 0.25) is 5.91 Å². The molecule has 1 saturated carbocycles. The largest absolute Gasteiger partial charge is 0.494 e. The number of amides is 1. The summed E-state index contributed by atoms with van der Waals surface area (Å²) in [6.07, 6.45) is 8.73. The highest BCUT2D eigenvalue weighted by molar-refractivity contribution is 14.0. The van der Waals surface area contributed by atoms with Crippen LogP contribution < -0.4 is 15.4 Å². The Morgan fingerprint density at radius 3 is 2.77 bits per heavy atom. The predicted molar refractivity (Wildman–Crippen MR) is 137 cm³/mol. The van der Waals surface area contributed by atoms with Gasteiger partial charge < -0.3 is 20.3 Å². The predicted octanol–water partition coefficient (Wildman–Crippen LogP) is 3.98. The van der Waals surface area contributed by atoms with Gasteiger partial charge in [0.1, 0.15) is 5.75 Å². The van der Waals surface area contributed by atoms with Crippen LogP contribution in [-0.4, -0.2) is 56.1 Å². The molecular formula is C24H39IN4O2. The summed E-state index contributed by atoms with van der Waals surface area (Å²) >= 11 is 0. The van der Waals surface area contributed by atoms with Crippen LogP contribution in [0.25, 0.3) is 0 Å². The number of hydrogen-bond donors (Lipinski definition) is 2. The summed E-state index contributed by atoms with van der Waals surface area (Å²) in [7, 11) is 1.80. The van der Waals surface area contributed by atoms with Crippen molar-refractivity contribution < 1.29 is 9.53 Å². The molecule has 1 amide bonds. The van der Waals surface area contributed by atoms with E-state index in [1.54, 1.807) is 7.05 Å². The van der Waals surface area contributed by atoms with Crippen molar-refractivity contribution in [1.29, 1.82) is 0 Å². The molecule has 1 atom stereocenters. The molecule has 7 heteroatoms. The molecule has 1 saturated heterocycles. The second kappa shape index (κ2) is 13.8. The second-order valence-electron chi connectivity index (χ2n) is 8.49. The first kappa shape index (κ1) is 25.7. The zero-order valence-corrected chi connectivity index (χ0v) is 21.4. The molecule has 2 aliphatic rings. The number of benzene rings is 1. The van der Waals surface area contributed by atoms with E-state index in [0.29, 0.717) is 5.91 Å². The number of ether oxygens (including phenoxy) is 1. The van der Waals surface area contributed by atoms with E-state index >= 15 is 0 Å². The molecular weight excluding hydrogens is 503 g/mol. The molecule has 174 valence electrons. The zero-order chi connectivity index (χ0) is 21.2. The number of halogens is 1. The highest BCUT2D eigenvalue weighted by Crippen LogP contribution is 2.26. The molecule has 2 N–H and O–H groups in total. The number of guanidine groups is 1. The van der Waals surface area contributed by atoms with Gasteiger partial charge in [0, 0.05) is 38.6 Å². The normalized spacial score (nSPS) is 19.6. The van der Waals surface area contributed by atoms with Crippen LogP contribution >= 0.6 is 24.0 Å². The number of carbonyl (C=O) groups is 1. The van der Waals surface area contributed by atoms with Crippen LogP contribution in [0.1, 0.15) is 57.4 Å². The van der Waals surface area contributed by atoms with Crippen LogP contribution in [0.5, 0.6) is 5.75 Å². The Kier molecular flexibility index (Phi) is 11.5. The Hall–Kier alpha value is -1.51. The highest BCUT2D eigenvalue weighted by atomic mass is 127. The monoisotopic (exact) mass is 542 g/mol. The number of rotatable bonds is 8. The van der Waals surface area contributed by atoms with Gasteiger partial charge in [-0.1, -0.05) is 38.3 Å². The summed E-state index contributed by atoms with van der Waals surface area (Å²) in [4.78, 5) is 19.2. The summed E-state index contributed by atoms with van der Waals surface area (Å²) in [6.45, 7) is 5.30. The summed E-state index contributed by atoms with van der Waals surface area (Å²) in [6, 6.07) is 8.56. The van der Waals surface area contributed by atoms with E-state index in [2.05, 4.69) is 39.6 Å². The van der Waals surface area contributed by atoms with Crippen molar-refractivity contribution in [1.82, 2.24) is 15.5 Å². The lowest BCUT2D eigenvalue weighted by atomic mass is 9.88. The molecule has 0 aromatic heterocycles. The maximum Gasteiger partial charge on any atom is 0.225 e. The smallest absolute Gasteiger partial charge is 0.225 e. The zero-order valence-electron chi connectivity index (χ0n) is 19.1. The van der Waals surface area contributed by atoms with E-state index in [0.717, 1.165) is 70.1 Å². The van der Waals surface area contributed by atoms with Crippen LogP contribution in [-0.2, 0) is 11.2 Å². The number of hydrogen-bond acceptors (Lipinski definition) is 3. The number of aliphatic imine (C=N–C) groups is 1. The van der Waals surface area contributed by atoms with Gasteiger partial charge in [0.15, 0.2) is 5.96 Å². The van der Waals surface area contributed by atoms with Gasteiger partial charge in [-0.2, -0.15) is 0 Å². The van der Waals surface area contributed by atoms with Gasteiger partial charge in [-0.3, -0.25) is 9.79 Å². The van der Waals surface area contributed by atoms with E-state index in [9.17, 15) is 4.79 Å². The number of carbonyl (C=O) groups excluding carboxylic acids is 1. The Morgan fingerprint density at radius 1 is 1.23 bits per heavy atom. The van der Waals surface area contributed by atoms with Crippen molar-refractivity contribution in [3.05, 3.63) is 29.8 Å². The molecule has 31 heavy (non-hydrogen) atoms. The third-order valence-electron chi connectivity index (χ3n) is 6.10. The lowest BCUT2D eigenvalue weighted by Crippen LogP contribution is -2.46. The standard InChI is InChI=1S/C24H38N4O2.HI/c1-3-16-30-22-11-7-8-19(17-22)12-14-26-24(25-2)27-21-13-15-28(18-21)23(29)20-9-5-4-6-10-20;/h7-8,11,17,20-21H,3-6,9-10,12-16,18H2,1-2H3,(H2,25,26,27);1H. The number of nitrogens with zero attached hydrogens (tertiary/aromatic N) is 2. The summed E-state index contributed by atoms with van der Waals surface area (Å²) < 4.78 is 5.72. The van der Waals surface area contributed by atoms with E-state index in [1.807, 2.05) is 12.1 Å². The lowest BCUT2D eigenvalue weighted by molar-refractivity contribution is -0.135. The minimum atomic E-state index is 0. The summed E-state index contributed by atoms with van der Waals surface area (Å²) in [5, 5.41) is 6.91. The van der Waals surface area contributed by atoms with Gasteiger partial charge in [0.25, 0.3) is 0 Å². The SMILES string of the molecule is CCCOc1cccc(CCNC(=NC)NC2CCN(C(=O)C3CCCCC3)C2)c1.I. The Balaban J connectivity index is 0.00000341. The molecule has 6 nitrogen and oxygen atoms in total. The average Bonchev–Trinajstić information content (AvgIpc) is 3.26. The highest BCUT2D eigenvalue weighted by Gasteiger charge is 2.31. The number of likely N-dealkylation sites (tertiary alicyclic amines) is 1. The summed E-state index contributed by atoms with van der Waals surface area (Å²) in [5.41, 5.74) is 1.25. The van der Waals surface area contributed by atoms with Gasteiger partial charge in [-0.15, -0.1) is 24.0 Å². The molecule has 0 radical (unpaired) electrons. The Bertz CT molecular complexity index is 707. The average molecular weight is 543 g/mol. The van der Waals surface area contributed by atoms with Gasteiger partial charge in [-0.25, -0.2) is 0 Å². The fraction of sp³-hybridized carbons (Fsp3) is 0.667. The topological polar surface area (TPSA) is 66.0 Å². The molecule has 1 aromatic rings. The van der Waals surface area contributed by atoms with Crippen LogP contribution in [0.15, 0.2) is 29.3 Å². The molecule has 2 fully saturated rings. The van der Waals surface area contributed by atoms with Crippen molar-refractivity contribution in [2.45, 2.75) is 64.3 Å². The molecule has 1 unspecified atom stereocenters. The van der Waals surface area contributed by atoms with E-state index in [-0.39, 0.29) is 35.9 Å². The third kappa shape index (κ3) is 8.16. The van der Waals surface area contributed by atoms with Gasteiger partial charge in [-0.05, 0) is 49.8 Å². The van der Waals surface area contributed by atoms with Crippen LogP contribution in [0.3, 0.4) is 0 Å². The van der Waals surface area contributed by atoms with Crippen molar-refractivity contribution in [2.75, 3.05) is 33.3 Å². The number of nitrogens with one attached hydrogen (secondary N) is 2. The molecule has 1 aromatic carbocycles. The fourth-order valence-electron chi connectivity index (χ4n) is 4.41. The minimum absolute atomic E-state index is 0. The first-order valence-corrected chi connectivity index (χ1v) is 11.7. The van der Waals surface area contributed by atoms with Crippen LogP contribution in [0.4, 0.5) is 0 Å². The van der Waals surface area contributed by atoms with E-state index in [1.165, 1.54) is 24.8 Å². The van der Waals surface area contributed by atoms with Crippen LogP contribution in [0.2, 0.25) is 0 Å². The Morgan fingerprint density at radius 2 is 2.03 bits per heavy atom. The quantitative estimate of drug-likeness (QED) is 0.297. The van der Waals surface area contributed by atoms with Crippen molar-refractivity contribution in [3.63, 3.8) is 0 Å². The lowest BCUT2D eigenvalue weighted by Gasteiger charge is -2.26. The second-order valence-corrected chi connectivity index (χ2v) is 8.49. The molecule has 1 aliphatic carbocycles. The van der Waals surface area contributed by atoms with Crippen molar-refractivity contribution in [2.24, 2.45) is 10.9 Å². The fourth-order valence-corrected chi connectivity index (χ4v) is 4.41. The van der Waals surface area contributed by atoms with Gasteiger partial charge >= 0.3 is 0 Å². The molecule has 1 aliphatic heterocycles. The molecule has 3 rings (SSSR count). The summed E-state index contributed by atoms with van der Waals surface area (Å²) in [5.74, 6) is 2.37. The van der Waals surface area contributed by atoms with E-state index < -0.39 is 0 Å². The molecule has 0 bridgehead atoms.